The number of aliphatic hydroxyl groups is 1. The summed E-state index contributed by atoms with van der Waals surface area (Å²) in [4.78, 5) is 0. The third-order valence-corrected chi connectivity index (χ3v) is 2.13. The summed E-state index contributed by atoms with van der Waals surface area (Å²) in [6.45, 7) is 4.91. The molecule has 1 aromatic carbocycles. The Hall–Kier alpha value is -1.41. The fourth-order valence-electron chi connectivity index (χ4n) is 1.28. The highest BCUT2D eigenvalue weighted by Crippen LogP contribution is 2.15. The van der Waals surface area contributed by atoms with Crippen LogP contribution in [-0.2, 0) is 0 Å². The Bertz CT molecular complexity index is 354. The Morgan fingerprint density at radius 3 is 2.60 bits per heavy atom. The Morgan fingerprint density at radius 1 is 1.47 bits per heavy atom. The monoisotopic (exact) mass is 206 g/mol. The zero-order valence-electron chi connectivity index (χ0n) is 8.78. The molecule has 0 aliphatic carbocycles. The number of halogens is 1. The van der Waals surface area contributed by atoms with Gasteiger partial charge in [-0.2, -0.15) is 0 Å². The van der Waals surface area contributed by atoms with Gasteiger partial charge in [0.05, 0.1) is 11.9 Å². The van der Waals surface area contributed by atoms with Crippen LogP contribution in [0.2, 0.25) is 0 Å². The molecular weight excluding hydrogens is 191 g/mol. The molecule has 2 heteroatoms. The fourth-order valence-corrected chi connectivity index (χ4v) is 1.28. The molecule has 1 N–H and O–H groups in total. The molecule has 0 radical (unpaired) electrons. The zero-order valence-corrected chi connectivity index (χ0v) is 8.78. The Kier molecular flexibility index (Phi) is 4.25. The van der Waals surface area contributed by atoms with Crippen LogP contribution in [0.4, 0.5) is 4.39 Å². The van der Waals surface area contributed by atoms with E-state index in [1.165, 1.54) is 0 Å². The second-order valence-corrected chi connectivity index (χ2v) is 3.54. The van der Waals surface area contributed by atoms with Gasteiger partial charge in [0.2, 0.25) is 0 Å². The van der Waals surface area contributed by atoms with Crippen LogP contribution in [0.25, 0.3) is 6.08 Å². The molecule has 0 saturated carbocycles. The van der Waals surface area contributed by atoms with E-state index >= 15 is 0 Å². The quantitative estimate of drug-likeness (QED) is 0.801. The van der Waals surface area contributed by atoms with Crippen molar-refractivity contribution >= 4 is 6.08 Å². The van der Waals surface area contributed by atoms with Crippen molar-refractivity contribution in [2.24, 2.45) is 0 Å². The van der Waals surface area contributed by atoms with Gasteiger partial charge in [0.1, 0.15) is 0 Å². The molecule has 0 aliphatic heterocycles. The first kappa shape index (κ1) is 11.7. The van der Waals surface area contributed by atoms with Gasteiger partial charge in [0.15, 0.2) is 0 Å². The first-order valence-electron chi connectivity index (χ1n) is 4.84. The van der Waals surface area contributed by atoms with Gasteiger partial charge in [-0.05, 0) is 18.1 Å². The van der Waals surface area contributed by atoms with E-state index in [9.17, 15) is 9.50 Å². The zero-order chi connectivity index (χ0) is 11.3. The van der Waals surface area contributed by atoms with E-state index in [4.69, 9.17) is 0 Å². The third kappa shape index (κ3) is 4.09. The van der Waals surface area contributed by atoms with Crippen molar-refractivity contribution in [2.75, 3.05) is 0 Å². The molecular formula is C13H15FO. The van der Waals surface area contributed by atoms with Gasteiger partial charge in [-0.15, -0.1) is 0 Å². The van der Waals surface area contributed by atoms with Gasteiger partial charge >= 0.3 is 0 Å². The normalized spacial score (nSPS) is 13.7. The maximum Gasteiger partial charge on any atom is 0.0957 e. The number of hydrogen-bond donors (Lipinski definition) is 1. The molecule has 0 spiro atoms. The van der Waals surface area contributed by atoms with Crippen LogP contribution in [0, 0.1) is 0 Å². The Morgan fingerprint density at radius 2 is 2.07 bits per heavy atom. The molecule has 15 heavy (non-hydrogen) atoms. The lowest BCUT2D eigenvalue weighted by Crippen LogP contribution is -2.07. The van der Waals surface area contributed by atoms with E-state index in [1.807, 2.05) is 36.4 Å². The molecule has 0 bridgehead atoms. The molecule has 0 heterocycles. The second-order valence-electron chi connectivity index (χ2n) is 3.54. The smallest absolute Gasteiger partial charge is 0.0957 e. The van der Waals surface area contributed by atoms with Crippen LogP contribution < -0.4 is 0 Å². The van der Waals surface area contributed by atoms with Crippen LogP contribution >= 0.6 is 0 Å². The minimum Gasteiger partial charge on any atom is -0.388 e. The van der Waals surface area contributed by atoms with Gasteiger partial charge in [0, 0.05) is 6.42 Å². The SMILES string of the molecule is C=C(F)CC(O)/C(C)=C/c1ccccc1. The predicted octanol–water partition coefficient (Wildman–Crippen LogP) is 3.32. The molecule has 0 fully saturated rings. The molecule has 80 valence electrons. The minimum atomic E-state index is -0.789. The van der Waals surface area contributed by atoms with Crippen molar-refractivity contribution in [3.63, 3.8) is 0 Å². The molecule has 1 rings (SSSR count). The van der Waals surface area contributed by atoms with Crippen molar-refractivity contribution in [3.8, 4) is 0 Å². The second kappa shape index (κ2) is 5.47. The predicted molar refractivity (Wildman–Crippen MR) is 61.0 cm³/mol. The van der Waals surface area contributed by atoms with E-state index in [0.717, 1.165) is 11.1 Å². The van der Waals surface area contributed by atoms with Crippen molar-refractivity contribution in [1.82, 2.24) is 0 Å². The van der Waals surface area contributed by atoms with E-state index < -0.39 is 11.9 Å². The van der Waals surface area contributed by atoms with Crippen LogP contribution in [-0.4, -0.2) is 11.2 Å². The summed E-state index contributed by atoms with van der Waals surface area (Å²) in [6, 6.07) is 9.62. The summed E-state index contributed by atoms with van der Waals surface area (Å²) >= 11 is 0. The lowest BCUT2D eigenvalue weighted by molar-refractivity contribution is 0.204. The summed E-state index contributed by atoms with van der Waals surface area (Å²) in [6.07, 6.45) is 1.02. The largest absolute Gasteiger partial charge is 0.388 e. The molecule has 0 saturated heterocycles. The van der Waals surface area contributed by atoms with Crippen molar-refractivity contribution in [3.05, 3.63) is 53.9 Å². The lowest BCUT2D eigenvalue weighted by Gasteiger charge is -2.09. The van der Waals surface area contributed by atoms with Gasteiger partial charge in [-0.1, -0.05) is 43.0 Å². The summed E-state index contributed by atoms with van der Waals surface area (Å²) in [7, 11) is 0. The van der Waals surface area contributed by atoms with Crippen molar-refractivity contribution in [1.29, 1.82) is 0 Å². The van der Waals surface area contributed by atoms with Gasteiger partial charge in [-0.25, -0.2) is 4.39 Å². The average molecular weight is 206 g/mol. The van der Waals surface area contributed by atoms with Crippen molar-refractivity contribution in [2.45, 2.75) is 19.4 Å². The van der Waals surface area contributed by atoms with Gasteiger partial charge < -0.3 is 5.11 Å². The van der Waals surface area contributed by atoms with Crippen LogP contribution in [0.1, 0.15) is 18.9 Å². The van der Waals surface area contributed by atoms with E-state index in [2.05, 4.69) is 6.58 Å². The first-order chi connectivity index (χ1) is 7.09. The topological polar surface area (TPSA) is 20.2 Å². The van der Waals surface area contributed by atoms with Crippen LogP contribution in [0.15, 0.2) is 48.3 Å². The average Bonchev–Trinajstić information content (AvgIpc) is 2.18. The third-order valence-electron chi connectivity index (χ3n) is 2.13. The number of hydrogen-bond acceptors (Lipinski definition) is 1. The Balaban J connectivity index is 2.71. The Labute approximate surface area is 89.6 Å². The van der Waals surface area contributed by atoms with E-state index in [1.54, 1.807) is 6.92 Å². The van der Waals surface area contributed by atoms with E-state index in [0.29, 0.717) is 0 Å². The number of aliphatic hydroxyl groups excluding tert-OH is 1. The van der Waals surface area contributed by atoms with Crippen LogP contribution in [0.5, 0.6) is 0 Å². The summed E-state index contributed by atoms with van der Waals surface area (Å²) in [5.41, 5.74) is 1.73. The van der Waals surface area contributed by atoms with Crippen LogP contribution in [0.3, 0.4) is 0 Å². The minimum absolute atomic E-state index is 0.0326. The van der Waals surface area contributed by atoms with Gasteiger partial charge in [-0.3, -0.25) is 0 Å². The highest BCUT2D eigenvalue weighted by atomic mass is 19.1. The summed E-state index contributed by atoms with van der Waals surface area (Å²) in [5.74, 6) is -0.497. The molecule has 0 aliphatic rings. The van der Waals surface area contributed by atoms with E-state index in [-0.39, 0.29) is 6.42 Å². The standard InChI is InChI=1S/C13H15FO/c1-10(13(15)9-11(2)14)8-12-6-4-3-5-7-12/h3-8,13,15H,2,9H2,1H3/b10-8+. The fraction of sp³-hybridized carbons (Fsp3) is 0.231. The highest BCUT2D eigenvalue weighted by molar-refractivity contribution is 5.53. The molecule has 0 amide bonds. The molecule has 0 aromatic heterocycles. The lowest BCUT2D eigenvalue weighted by atomic mass is 10.0. The molecule has 1 nitrogen and oxygen atoms in total. The highest BCUT2D eigenvalue weighted by Gasteiger charge is 2.07. The number of benzene rings is 1. The summed E-state index contributed by atoms with van der Waals surface area (Å²) in [5, 5.41) is 9.58. The molecule has 1 unspecified atom stereocenters. The van der Waals surface area contributed by atoms with Gasteiger partial charge in [0.25, 0.3) is 0 Å². The first-order valence-corrected chi connectivity index (χ1v) is 4.84. The summed E-state index contributed by atoms with van der Waals surface area (Å²) < 4.78 is 12.5. The maximum absolute atomic E-state index is 12.5. The maximum atomic E-state index is 12.5. The molecule has 1 aromatic rings. The number of rotatable bonds is 4. The molecule has 1 atom stereocenters. The van der Waals surface area contributed by atoms with Crippen molar-refractivity contribution < 1.29 is 9.50 Å².